The average Bonchev–Trinajstić information content (AvgIpc) is 2.90. The zero-order chi connectivity index (χ0) is 17.1. The van der Waals surface area contributed by atoms with Gasteiger partial charge in [-0.2, -0.15) is 0 Å². The van der Waals surface area contributed by atoms with Gasteiger partial charge in [0.2, 0.25) is 0 Å². The monoisotopic (exact) mass is 331 g/mol. The van der Waals surface area contributed by atoms with Crippen LogP contribution in [-0.4, -0.2) is 11.0 Å². The summed E-state index contributed by atoms with van der Waals surface area (Å²) in [7, 11) is 0. The zero-order valence-corrected chi connectivity index (χ0v) is 14.2. The Hall–Kier alpha value is -2.68. The van der Waals surface area contributed by atoms with Gasteiger partial charge in [0.05, 0.1) is 11.1 Å². The van der Waals surface area contributed by atoms with Crippen molar-refractivity contribution in [2.75, 3.05) is 0 Å². The summed E-state index contributed by atoms with van der Waals surface area (Å²) in [6, 6.07) is 17.7. The van der Waals surface area contributed by atoms with Crippen LogP contribution in [-0.2, 0) is 24.2 Å². The Morgan fingerprint density at radius 2 is 1.68 bits per heavy atom. The summed E-state index contributed by atoms with van der Waals surface area (Å²) in [5.74, 6) is -0.236. The van der Waals surface area contributed by atoms with Crippen molar-refractivity contribution in [1.29, 1.82) is 0 Å². The molecule has 1 heterocycles. The molecular formula is C22H21NO2. The minimum Gasteiger partial charge on any atom is -0.457 e. The van der Waals surface area contributed by atoms with E-state index in [-0.39, 0.29) is 5.97 Å². The molecule has 0 saturated heterocycles. The van der Waals surface area contributed by atoms with Crippen molar-refractivity contribution in [1.82, 2.24) is 4.98 Å². The number of esters is 1. The van der Waals surface area contributed by atoms with Crippen LogP contribution in [0.1, 0.15) is 46.4 Å². The number of benzene rings is 2. The Morgan fingerprint density at radius 3 is 2.56 bits per heavy atom. The van der Waals surface area contributed by atoms with Gasteiger partial charge in [0.1, 0.15) is 6.61 Å². The summed E-state index contributed by atoms with van der Waals surface area (Å²) >= 11 is 0. The van der Waals surface area contributed by atoms with Crippen LogP contribution >= 0.6 is 0 Å². The van der Waals surface area contributed by atoms with E-state index in [9.17, 15) is 4.79 Å². The molecule has 4 rings (SSSR count). The Morgan fingerprint density at radius 1 is 0.920 bits per heavy atom. The molecule has 0 bridgehead atoms. The van der Waals surface area contributed by atoms with Crippen LogP contribution < -0.4 is 0 Å². The molecule has 0 amide bonds. The maximum absolute atomic E-state index is 13.0. The fourth-order valence-corrected chi connectivity index (χ4v) is 3.58. The first-order valence-electron chi connectivity index (χ1n) is 8.94. The van der Waals surface area contributed by atoms with Crippen LogP contribution in [0.15, 0.2) is 54.6 Å². The highest BCUT2D eigenvalue weighted by Crippen LogP contribution is 2.29. The van der Waals surface area contributed by atoms with Crippen LogP contribution in [0.2, 0.25) is 0 Å². The number of carbonyl (C=O) groups excluding carboxylic acids is 1. The minimum atomic E-state index is -0.236. The molecule has 126 valence electrons. The summed E-state index contributed by atoms with van der Waals surface area (Å²) in [6.45, 7) is 0.297. The predicted molar refractivity (Wildman–Crippen MR) is 98.6 cm³/mol. The lowest BCUT2D eigenvalue weighted by atomic mass is 9.97. The quantitative estimate of drug-likeness (QED) is 0.508. The third-order valence-corrected chi connectivity index (χ3v) is 4.84. The van der Waals surface area contributed by atoms with Gasteiger partial charge in [-0.3, -0.25) is 4.98 Å². The van der Waals surface area contributed by atoms with Crippen LogP contribution in [0.4, 0.5) is 0 Å². The van der Waals surface area contributed by atoms with Crippen molar-refractivity contribution >= 4 is 16.9 Å². The number of pyridine rings is 1. The third kappa shape index (κ3) is 3.27. The van der Waals surface area contributed by atoms with E-state index in [0.717, 1.165) is 59.0 Å². The van der Waals surface area contributed by atoms with Crippen molar-refractivity contribution in [3.63, 3.8) is 0 Å². The SMILES string of the molecule is O=C(OCc1ccccc1)c1c2c(nc3ccccc13)CCCCC2. The van der Waals surface area contributed by atoms with E-state index in [1.807, 2.05) is 54.6 Å². The molecule has 0 radical (unpaired) electrons. The van der Waals surface area contributed by atoms with E-state index in [0.29, 0.717) is 6.61 Å². The molecule has 3 nitrogen and oxygen atoms in total. The minimum absolute atomic E-state index is 0.236. The zero-order valence-electron chi connectivity index (χ0n) is 14.2. The number of hydrogen-bond donors (Lipinski definition) is 0. The highest BCUT2D eigenvalue weighted by atomic mass is 16.5. The number of aryl methyl sites for hydroxylation is 1. The van der Waals surface area contributed by atoms with Gasteiger partial charge in [0.15, 0.2) is 0 Å². The number of ether oxygens (including phenoxy) is 1. The fraction of sp³-hybridized carbons (Fsp3) is 0.273. The lowest BCUT2D eigenvalue weighted by Gasteiger charge is -2.15. The standard InChI is InChI=1S/C22H21NO2/c24-22(25-15-16-9-3-1-4-10-16)21-17-11-5-2-6-13-19(17)23-20-14-8-7-12-18(20)21/h1,3-4,7-10,12,14H,2,5-6,11,13,15H2. The first-order chi connectivity index (χ1) is 12.3. The van der Waals surface area contributed by atoms with Gasteiger partial charge < -0.3 is 4.74 Å². The predicted octanol–water partition coefficient (Wildman–Crippen LogP) is 4.86. The topological polar surface area (TPSA) is 39.2 Å². The van der Waals surface area contributed by atoms with Gasteiger partial charge in [-0.1, -0.05) is 55.0 Å². The van der Waals surface area contributed by atoms with E-state index >= 15 is 0 Å². The second-order valence-electron chi connectivity index (χ2n) is 6.55. The molecule has 1 aliphatic carbocycles. The van der Waals surface area contributed by atoms with Crippen LogP contribution in [0.3, 0.4) is 0 Å². The highest BCUT2D eigenvalue weighted by Gasteiger charge is 2.22. The smallest absolute Gasteiger partial charge is 0.339 e. The number of rotatable bonds is 3. The summed E-state index contributed by atoms with van der Waals surface area (Å²) in [6.07, 6.45) is 5.27. The molecule has 0 fully saturated rings. The van der Waals surface area contributed by atoms with E-state index in [1.54, 1.807) is 0 Å². The van der Waals surface area contributed by atoms with E-state index in [4.69, 9.17) is 9.72 Å². The van der Waals surface area contributed by atoms with Crippen molar-refractivity contribution < 1.29 is 9.53 Å². The second-order valence-corrected chi connectivity index (χ2v) is 6.55. The maximum atomic E-state index is 13.0. The van der Waals surface area contributed by atoms with Crippen LogP contribution in [0.25, 0.3) is 10.9 Å². The van der Waals surface area contributed by atoms with E-state index < -0.39 is 0 Å². The Kier molecular flexibility index (Phi) is 4.47. The lowest BCUT2D eigenvalue weighted by Crippen LogP contribution is -2.12. The molecular weight excluding hydrogens is 310 g/mol. The molecule has 1 aromatic heterocycles. The molecule has 3 heteroatoms. The first-order valence-corrected chi connectivity index (χ1v) is 8.94. The Labute approximate surface area is 147 Å². The van der Waals surface area contributed by atoms with Crippen molar-refractivity contribution in [3.05, 3.63) is 77.0 Å². The molecule has 25 heavy (non-hydrogen) atoms. The number of hydrogen-bond acceptors (Lipinski definition) is 3. The Bertz CT molecular complexity index is 903. The molecule has 0 N–H and O–H groups in total. The summed E-state index contributed by atoms with van der Waals surface area (Å²) in [5, 5.41) is 0.904. The average molecular weight is 331 g/mol. The number of carbonyl (C=O) groups is 1. The van der Waals surface area contributed by atoms with Crippen LogP contribution in [0, 0.1) is 0 Å². The van der Waals surface area contributed by atoms with E-state index in [2.05, 4.69) is 0 Å². The molecule has 0 unspecified atom stereocenters. The van der Waals surface area contributed by atoms with Crippen molar-refractivity contribution in [2.24, 2.45) is 0 Å². The molecule has 1 aliphatic rings. The van der Waals surface area contributed by atoms with Crippen molar-refractivity contribution in [2.45, 2.75) is 38.7 Å². The lowest BCUT2D eigenvalue weighted by molar-refractivity contribution is 0.0473. The molecule has 3 aromatic rings. The first kappa shape index (κ1) is 15.8. The van der Waals surface area contributed by atoms with Gasteiger partial charge in [0, 0.05) is 11.1 Å². The largest absolute Gasteiger partial charge is 0.457 e. The third-order valence-electron chi connectivity index (χ3n) is 4.84. The van der Waals surface area contributed by atoms with Gasteiger partial charge >= 0.3 is 5.97 Å². The van der Waals surface area contributed by atoms with Gasteiger partial charge in [-0.05, 0) is 42.9 Å². The van der Waals surface area contributed by atoms with Gasteiger partial charge in [-0.15, -0.1) is 0 Å². The van der Waals surface area contributed by atoms with Gasteiger partial charge in [-0.25, -0.2) is 4.79 Å². The Balaban J connectivity index is 1.74. The molecule has 0 aliphatic heterocycles. The van der Waals surface area contributed by atoms with E-state index in [1.165, 1.54) is 6.42 Å². The van der Waals surface area contributed by atoms with Gasteiger partial charge in [0.25, 0.3) is 0 Å². The maximum Gasteiger partial charge on any atom is 0.339 e. The number of fused-ring (bicyclic) bond motifs is 2. The molecule has 0 saturated carbocycles. The summed E-state index contributed by atoms with van der Waals surface area (Å²) in [5.41, 5.74) is 4.77. The van der Waals surface area contributed by atoms with Crippen molar-refractivity contribution in [3.8, 4) is 0 Å². The molecule has 0 atom stereocenters. The summed E-state index contributed by atoms with van der Waals surface area (Å²) < 4.78 is 5.66. The molecule has 0 spiro atoms. The number of aromatic nitrogens is 1. The number of para-hydroxylation sites is 1. The normalized spacial score (nSPS) is 13.9. The van der Waals surface area contributed by atoms with Crippen LogP contribution in [0.5, 0.6) is 0 Å². The second kappa shape index (κ2) is 7.06. The highest BCUT2D eigenvalue weighted by molar-refractivity contribution is 6.05. The fourth-order valence-electron chi connectivity index (χ4n) is 3.58. The number of nitrogens with zero attached hydrogens (tertiary/aromatic N) is 1. The summed E-state index contributed by atoms with van der Waals surface area (Å²) in [4.78, 5) is 17.8. The molecule has 2 aromatic carbocycles.